The Morgan fingerprint density at radius 2 is 2.18 bits per heavy atom. The fourth-order valence-corrected chi connectivity index (χ4v) is 3.46. The second-order valence-electron chi connectivity index (χ2n) is 5.44. The first-order valence-corrected chi connectivity index (χ1v) is 8.29. The molecule has 0 saturated carbocycles. The lowest BCUT2D eigenvalue weighted by molar-refractivity contribution is -0.134. The highest BCUT2D eigenvalue weighted by molar-refractivity contribution is 7.11. The third-order valence-corrected chi connectivity index (χ3v) is 4.77. The Kier molecular flexibility index (Phi) is 4.68. The van der Waals surface area contributed by atoms with Gasteiger partial charge < -0.3 is 9.64 Å². The minimum Gasteiger partial charge on any atom is -0.484 e. The molecule has 22 heavy (non-hydrogen) atoms. The number of carbonyl (C=O) groups is 1. The lowest BCUT2D eigenvalue weighted by Gasteiger charge is -2.31. The summed E-state index contributed by atoms with van der Waals surface area (Å²) in [6.07, 6.45) is 2.07. The number of benzene rings is 1. The Hall–Kier alpha value is -1.95. The van der Waals surface area contributed by atoms with E-state index in [1.165, 1.54) is 0 Å². The summed E-state index contributed by atoms with van der Waals surface area (Å²) in [5, 5.41) is 10.3. The molecule has 6 heteroatoms. The molecule has 0 aliphatic carbocycles. The number of nitrogens with zero attached hydrogens (tertiary/aromatic N) is 3. The van der Waals surface area contributed by atoms with Crippen LogP contribution in [-0.4, -0.2) is 40.7 Å². The van der Waals surface area contributed by atoms with Crippen molar-refractivity contribution in [2.24, 2.45) is 0 Å². The maximum atomic E-state index is 12.3. The van der Waals surface area contributed by atoms with Crippen LogP contribution in [0.5, 0.6) is 5.75 Å². The first-order chi connectivity index (χ1) is 10.7. The van der Waals surface area contributed by atoms with E-state index in [1.54, 1.807) is 11.3 Å². The second-order valence-corrected chi connectivity index (χ2v) is 6.65. The van der Waals surface area contributed by atoms with Crippen molar-refractivity contribution in [1.29, 1.82) is 0 Å². The average Bonchev–Trinajstić information content (AvgIpc) is 3.00. The number of hydrogen-bond acceptors (Lipinski definition) is 5. The molecule has 1 amide bonds. The third-order valence-electron chi connectivity index (χ3n) is 3.77. The summed E-state index contributed by atoms with van der Waals surface area (Å²) >= 11 is 1.63. The number of para-hydroxylation sites is 1. The summed E-state index contributed by atoms with van der Waals surface area (Å²) in [6, 6.07) is 9.43. The van der Waals surface area contributed by atoms with Gasteiger partial charge in [0.1, 0.15) is 15.8 Å². The molecule has 1 aliphatic heterocycles. The van der Waals surface area contributed by atoms with Crippen LogP contribution in [-0.2, 0) is 4.79 Å². The molecule has 0 bridgehead atoms. The van der Waals surface area contributed by atoms with Gasteiger partial charge >= 0.3 is 0 Å². The molecular weight excluding hydrogens is 298 g/mol. The zero-order valence-electron chi connectivity index (χ0n) is 12.6. The van der Waals surface area contributed by atoms with E-state index in [0.717, 1.165) is 35.2 Å². The number of rotatable bonds is 4. The molecule has 1 saturated heterocycles. The molecule has 0 N–H and O–H groups in total. The number of hydrogen-bond donors (Lipinski definition) is 0. The molecule has 2 heterocycles. The average molecular weight is 317 g/mol. The van der Waals surface area contributed by atoms with Gasteiger partial charge in [-0.15, -0.1) is 21.5 Å². The molecule has 116 valence electrons. The van der Waals surface area contributed by atoms with Crippen LogP contribution >= 0.6 is 11.3 Å². The number of likely N-dealkylation sites (tertiary alicyclic amines) is 1. The quantitative estimate of drug-likeness (QED) is 0.870. The molecule has 1 atom stereocenters. The molecule has 0 spiro atoms. The Balaban J connectivity index is 1.56. The van der Waals surface area contributed by atoms with E-state index in [0.29, 0.717) is 12.5 Å². The van der Waals surface area contributed by atoms with E-state index in [-0.39, 0.29) is 12.5 Å². The summed E-state index contributed by atoms with van der Waals surface area (Å²) in [7, 11) is 0. The highest BCUT2D eigenvalue weighted by Crippen LogP contribution is 2.28. The van der Waals surface area contributed by atoms with Crippen LogP contribution in [0.1, 0.15) is 28.8 Å². The molecule has 5 nitrogen and oxygen atoms in total. The van der Waals surface area contributed by atoms with Crippen LogP contribution < -0.4 is 4.74 Å². The van der Waals surface area contributed by atoms with Crippen molar-refractivity contribution in [3.63, 3.8) is 0 Å². The number of amides is 1. The van der Waals surface area contributed by atoms with Gasteiger partial charge in [-0.2, -0.15) is 0 Å². The van der Waals surface area contributed by atoms with Crippen molar-refractivity contribution in [2.45, 2.75) is 25.7 Å². The predicted octanol–water partition coefficient (Wildman–Crippen LogP) is 2.63. The van der Waals surface area contributed by atoms with E-state index in [2.05, 4.69) is 10.2 Å². The van der Waals surface area contributed by atoms with Gasteiger partial charge in [-0.1, -0.05) is 18.2 Å². The van der Waals surface area contributed by atoms with Crippen LogP contribution in [0.3, 0.4) is 0 Å². The lowest BCUT2D eigenvalue weighted by Crippen LogP contribution is -2.41. The largest absolute Gasteiger partial charge is 0.484 e. The van der Waals surface area contributed by atoms with Gasteiger partial charge in [0, 0.05) is 19.0 Å². The van der Waals surface area contributed by atoms with Crippen LogP contribution in [0.25, 0.3) is 0 Å². The van der Waals surface area contributed by atoms with Crippen LogP contribution in [0, 0.1) is 6.92 Å². The summed E-state index contributed by atoms with van der Waals surface area (Å²) < 4.78 is 5.55. The first kappa shape index (κ1) is 15.0. The Bertz CT molecular complexity index is 629. The van der Waals surface area contributed by atoms with Gasteiger partial charge in [0.15, 0.2) is 6.61 Å². The molecule has 0 unspecified atom stereocenters. The van der Waals surface area contributed by atoms with Crippen molar-refractivity contribution in [3.05, 3.63) is 40.3 Å². The highest BCUT2D eigenvalue weighted by Gasteiger charge is 2.27. The topological polar surface area (TPSA) is 55.3 Å². The fraction of sp³-hybridized carbons (Fsp3) is 0.438. The van der Waals surface area contributed by atoms with Gasteiger partial charge in [0.05, 0.1) is 0 Å². The molecule has 1 aromatic carbocycles. The van der Waals surface area contributed by atoms with Crippen molar-refractivity contribution in [3.8, 4) is 5.75 Å². The number of piperidine rings is 1. The maximum absolute atomic E-state index is 12.3. The number of ether oxygens (including phenoxy) is 1. The molecule has 1 fully saturated rings. The number of aryl methyl sites for hydroxylation is 1. The van der Waals surface area contributed by atoms with Crippen LogP contribution in [0.4, 0.5) is 0 Å². The molecule has 0 radical (unpaired) electrons. The van der Waals surface area contributed by atoms with Crippen molar-refractivity contribution < 1.29 is 9.53 Å². The summed E-state index contributed by atoms with van der Waals surface area (Å²) in [5.41, 5.74) is 0. The predicted molar refractivity (Wildman–Crippen MR) is 85.1 cm³/mol. The summed E-state index contributed by atoms with van der Waals surface area (Å²) in [4.78, 5) is 14.2. The van der Waals surface area contributed by atoms with Gasteiger partial charge in [0.2, 0.25) is 0 Å². The zero-order chi connectivity index (χ0) is 15.4. The molecule has 1 aliphatic rings. The Labute approximate surface area is 133 Å². The minimum absolute atomic E-state index is 0.0368. The Morgan fingerprint density at radius 3 is 2.91 bits per heavy atom. The Morgan fingerprint density at radius 1 is 1.36 bits per heavy atom. The van der Waals surface area contributed by atoms with E-state index >= 15 is 0 Å². The summed E-state index contributed by atoms with van der Waals surface area (Å²) in [6.45, 7) is 3.56. The van der Waals surface area contributed by atoms with Gasteiger partial charge in [-0.25, -0.2) is 0 Å². The second kappa shape index (κ2) is 6.87. The van der Waals surface area contributed by atoms with Crippen molar-refractivity contribution >= 4 is 17.2 Å². The molecular formula is C16H19N3O2S. The smallest absolute Gasteiger partial charge is 0.260 e. The van der Waals surface area contributed by atoms with E-state index in [9.17, 15) is 4.79 Å². The number of aromatic nitrogens is 2. The number of carbonyl (C=O) groups excluding carboxylic acids is 1. The maximum Gasteiger partial charge on any atom is 0.260 e. The van der Waals surface area contributed by atoms with Gasteiger partial charge in [0.25, 0.3) is 5.91 Å². The molecule has 3 rings (SSSR count). The van der Waals surface area contributed by atoms with Gasteiger partial charge in [-0.05, 0) is 31.9 Å². The van der Waals surface area contributed by atoms with E-state index in [1.807, 2.05) is 42.2 Å². The SMILES string of the molecule is Cc1nnc([C@@H]2CCCN(C(=O)COc3ccccc3)C2)s1. The molecule has 2 aromatic rings. The van der Waals surface area contributed by atoms with Crippen LogP contribution in [0.2, 0.25) is 0 Å². The highest BCUT2D eigenvalue weighted by atomic mass is 32.1. The van der Waals surface area contributed by atoms with E-state index < -0.39 is 0 Å². The lowest BCUT2D eigenvalue weighted by atomic mass is 9.99. The standard InChI is InChI=1S/C16H19N3O2S/c1-12-17-18-16(22-12)13-6-5-9-19(10-13)15(20)11-21-14-7-3-2-4-8-14/h2-4,7-8,13H,5-6,9-11H2,1H3/t13-/m1/s1. The van der Waals surface area contributed by atoms with Gasteiger partial charge in [-0.3, -0.25) is 4.79 Å². The monoisotopic (exact) mass is 317 g/mol. The normalized spacial score (nSPS) is 18.2. The molecule has 1 aromatic heterocycles. The first-order valence-electron chi connectivity index (χ1n) is 7.48. The van der Waals surface area contributed by atoms with Crippen molar-refractivity contribution in [2.75, 3.05) is 19.7 Å². The van der Waals surface area contributed by atoms with E-state index in [4.69, 9.17) is 4.74 Å². The summed E-state index contributed by atoms with van der Waals surface area (Å²) in [5.74, 6) is 1.07. The fourth-order valence-electron chi connectivity index (χ4n) is 2.64. The third kappa shape index (κ3) is 3.62. The van der Waals surface area contributed by atoms with Crippen LogP contribution in [0.15, 0.2) is 30.3 Å². The minimum atomic E-state index is 0.0368. The zero-order valence-corrected chi connectivity index (χ0v) is 13.4. The van der Waals surface area contributed by atoms with Crippen molar-refractivity contribution in [1.82, 2.24) is 15.1 Å².